The van der Waals surface area contributed by atoms with Crippen LogP contribution in [0.25, 0.3) is 0 Å². The van der Waals surface area contributed by atoms with Crippen LogP contribution in [0.1, 0.15) is 39.0 Å². The van der Waals surface area contributed by atoms with Crippen LogP contribution in [0.4, 0.5) is 0 Å². The number of nitrogens with zero attached hydrogens (tertiary/aromatic N) is 1. The van der Waals surface area contributed by atoms with Gasteiger partial charge in [-0.15, -0.1) is 0 Å². The lowest BCUT2D eigenvalue weighted by Gasteiger charge is -2.34. The highest BCUT2D eigenvalue weighted by atomic mass is 32.2. The van der Waals surface area contributed by atoms with E-state index in [-0.39, 0.29) is 35.8 Å². The molecule has 0 aromatic carbocycles. The SMILES string of the molecule is CCCC1NC(=O)CCN(C2CCCS(=O)(=O)C2)C1=O. The lowest BCUT2D eigenvalue weighted by Crippen LogP contribution is -2.51. The largest absolute Gasteiger partial charge is 0.344 e. The first kappa shape index (κ1) is 15.3. The molecule has 0 aromatic heterocycles. The van der Waals surface area contributed by atoms with Crippen molar-refractivity contribution < 1.29 is 18.0 Å². The summed E-state index contributed by atoms with van der Waals surface area (Å²) in [6, 6.07) is -0.770. The van der Waals surface area contributed by atoms with E-state index in [1.165, 1.54) is 0 Å². The molecule has 20 heavy (non-hydrogen) atoms. The molecule has 0 aromatic rings. The number of carbonyl (C=O) groups is 2. The molecule has 0 saturated carbocycles. The second kappa shape index (κ2) is 6.11. The van der Waals surface area contributed by atoms with Crippen LogP contribution in [0.3, 0.4) is 0 Å². The average molecular weight is 302 g/mol. The van der Waals surface area contributed by atoms with Crippen LogP contribution >= 0.6 is 0 Å². The fourth-order valence-electron chi connectivity index (χ4n) is 2.95. The molecule has 0 spiro atoms. The molecule has 0 aliphatic carbocycles. The maximum atomic E-state index is 12.5. The number of rotatable bonds is 3. The standard InChI is InChI=1S/C13H22N2O4S/c1-2-4-11-13(17)15(7-6-12(16)14-11)10-5-3-8-20(18,19)9-10/h10-11H,2-9H2,1H3,(H,14,16). The molecular formula is C13H22N2O4S. The van der Waals surface area contributed by atoms with E-state index in [1.807, 2.05) is 6.92 Å². The molecule has 114 valence electrons. The Hall–Kier alpha value is -1.11. The van der Waals surface area contributed by atoms with Gasteiger partial charge in [0.25, 0.3) is 0 Å². The maximum absolute atomic E-state index is 12.5. The Morgan fingerprint density at radius 2 is 2.10 bits per heavy atom. The molecule has 0 bridgehead atoms. The van der Waals surface area contributed by atoms with Gasteiger partial charge in [0.15, 0.2) is 9.84 Å². The number of amides is 2. The molecule has 2 amide bonds. The monoisotopic (exact) mass is 302 g/mol. The Morgan fingerprint density at radius 3 is 2.75 bits per heavy atom. The second-order valence-corrected chi connectivity index (χ2v) is 7.83. The van der Waals surface area contributed by atoms with E-state index in [4.69, 9.17) is 0 Å². The number of sulfone groups is 1. The van der Waals surface area contributed by atoms with Crippen molar-refractivity contribution in [2.75, 3.05) is 18.1 Å². The zero-order chi connectivity index (χ0) is 14.8. The highest BCUT2D eigenvalue weighted by Crippen LogP contribution is 2.21. The van der Waals surface area contributed by atoms with Gasteiger partial charge in [0, 0.05) is 19.0 Å². The van der Waals surface area contributed by atoms with Gasteiger partial charge in [0.05, 0.1) is 11.5 Å². The molecule has 7 heteroatoms. The van der Waals surface area contributed by atoms with Crippen molar-refractivity contribution in [3.8, 4) is 0 Å². The third-order valence-electron chi connectivity index (χ3n) is 3.95. The molecule has 0 radical (unpaired) electrons. The van der Waals surface area contributed by atoms with Crippen LogP contribution in [0.2, 0.25) is 0 Å². The number of carbonyl (C=O) groups excluding carboxylic acids is 2. The highest BCUT2D eigenvalue weighted by molar-refractivity contribution is 7.91. The summed E-state index contributed by atoms with van der Waals surface area (Å²) < 4.78 is 23.5. The van der Waals surface area contributed by atoms with Crippen LogP contribution in [0.5, 0.6) is 0 Å². The van der Waals surface area contributed by atoms with Crippen molar-refractivity contribution in [1.29, 1.82) is 0 Å². The van der Waals surface area contributed by atoms with E-state index in [1.54, 1.807) is 4.90 Å². The van der Waals surface area contributed by atoms with Crippen molar-refractivity contribution in [2.24, 2.45) is 0 Å². The lowest BCUT2D eigenvalue weighted by atomic mass is 10.1. The van der Waals surface area contributed by atoms with Crippen molar-refractivity contribution in [2.45, 2.75) is 51.1 Å². The van der Waals surface area contributed by atoms with E-state index in [0.717, 1.165) is 6.42 Å². The molecular weight excluding hydrogens is 280 g/mol. The van der Waals surface area contributed by atoms with Crippen molar-refractivity contribution >= 4 is 21.7 Å². The Labute approximate surface area is 119 Å². The van der Waals surface area contributed by atoms with Crippen molar-refractivity contribution in [1.82, 2.24) is 10.2 Å². The van der Waals surface area contributed by atoms with Gasteiger partial charge in [0.2, 0.25) is 11.8 Å². The molecule has 2 aliphatic rings. The van der Waals surface area contributed by atoms with Crippen LogP contribution in [0, 0.1) is 0 Å². The first-order valence-corrected chi connectivity index (χ1v) is 9.05. The lowest BCUT2D eigenvalue weighted by molar-refractivity contribution is -0.135. The van der Waals surface area contributed by atoms with Crippen LogP contribution in [0.15, 0.2) is 0 Å². The minimum atomic E-state index is -3.06. The summed E-state index contributed by atoms with van der Waals surface area (Å²) in [6.45, 7) is 2.28. The Bertz CT molecular complexity index is 489. The van der Waals surface area contributed by atoms with Gasteiger partial charge < -0.3 is 10.2 Å². The summed E-state index contributed by atoms with van der Waals surface area (Å²) in [4.78, 5) is 25.8. The normalized spacial score (nSPS) is 30.8. The molecule has 1 N–H and O–H groups in total. The third kappa shape index (κ3) is 3.50. The zero-order valence-electron chi connectivity index (χ0n) is 11.8. The number of nitrogens with one attached hydrogen (secondary N) is 1. The predicted molar refractivity (Wildman–Crippen MR) is 74.8 cm³/mol. The van der Waals surface area contributed by atoms with Gasteiger partial charge in [-0.25, -0.2) is 8.42 Å². The fourth-order valence-corrected chi connectivity index (χ4v) is 4.66. The smallest absolute Gasteiger partial charge is 0.245 e. The quantitative estimate of drug-likeness (QED) is 0.800. The minimum Gasteiger partial charge on any atom is -0.344 e. The fraction of sp³-hybridized carbons (Fsp3) is 0.846. The van der Waals surface area contributed by atoms with Crippen molar-refractivity contribution in [3.63, 3.8) is 0 Å². The Balaban J connectivity index is 2.16. The van der Waals surface area contributed by atoms with Gasteiger partial charge in [-0.2, -0.15) is 0 Å². The minimum absolute atomic E-state index is 0.0335. The molecule has 2 unspecified atom stereocenters. The highest BCUT2D eigenvalue weighted by Gasteiger charge is 2.36. The first-order valence-electron chi connectivity index (χ1n) is 7.23. The van der Waals surface area contributed by atoms with Crippen LogP contribution < -0.4 is 5.32 Å². The van der Waals surface area contributed by atoms with E-state index in [0.29, 0.717) is 25.8 Å². The van der Waals surface area contributed by atoms with Gasteiger partial charge in [-0.1, -0.05) is 13.3 Å². The van der Waals surface area contributed by atoms with Gasteiger partial charge in [-0.3, -0.25) is 9.59 Å². The molecule has 2 heterocycles. The molecule has 2 aliphatic heterocycles. The van der Waals surface area contributed by atoms with E-state index in [2.05, 4.69) is 5.32 Å². The summed E-state index contributed by atoms with van der Waals surface area (Å²) in [6.07, 6.45) is 2.95. The van der Waals surface area contributed by atoms with Crippen LogP contribution in [-0.4, -0.2) is 55.3 Å². The second-order valence-electron chi connectivity index (χ2n) is 5.60. The summed E-state index contributed by atoms with van der Waals surface area (Å²) in [5, 5.41) is 2.74. The van der Waals surface area contributed by atoms with Gasteiger partial charge in [0.1, 0.15) is 6.04 Å². The van der Waals surface area contributed by atoms with E-state index < -0.39 is 15.9 Å². The maximum Gasteiger partial charge on any atom is 0.245 e. The Kier molecular flexibility index (Phi) is 4.67. The average Bonchev–Trinajstić information content (AvgIpc) is 2.49. The summed E-state index contributed by atoms with van der Waals surface area (Å²) in [7, 11) is -3.06. The van der Waals surface area contributed by atoms with E-state index >= 15 is 0 Å². The van der Waals surface area contributed by atoms with Crippen molar-refractivity contribution in [3.05, 3.63) is 0 Å². The van der Waals surface area contributed by atoms with Gasteiger partial charge in [-0.05, 0) is 19.3 Å². The summed E-state index contributed by atoms with van der Waals surface area (Å²) >= 11 is 0. The predicted octanol–water partition coefficient (Wildman–Crippen LogP) is 0.0808. The molecule has 2 rings (SSSR count). The zero-order valence-corrected chi connectivity index (χ0v) is 12.6. The Morgan fingerprint density at radius 1 is 1.35 bits per heavy atom. The summed E-state index contributed by atoms with van der Waals surface area (Å²) in [5.74, 6) is -0.00914. The number of hydrogen-bond acceptors (Lipinski definition) is 4. The molecule has 2 fully saturated rings. The summed E-state index contributed by atoms with van der Waals surface area (Å²) in [5.41, 5.74) is 0. The van der Waals surface area contributed by atoms with E-state index in [9.17, 15) is 18.0 Å². The topological polar surface area (TPSA) is 83.6 Å². The van der Waals surface area contributed by atoms with Crippen LogP contribution in [-0.2, 0) is 19.4 Å². The molecule has 2 saturated heterocycles. The molecule has 2 atom stereocenters. The number of hydrogen-bond donors (Lipinski definition) is 1. The van der Waals surface area contributed by atoms with Gasteiger partial charge >= 0.3 is 0 Å². The molecule has 6 nitrogen and oxygen atoms in total. The first-order chi connectivity index (χ1) is 9.43. The third-order valence-corrected chi connectivity index (χ3v) is 5.76.